The van der Waals surface area contributed by atoms with Gasteiger partial charge < -0.3 is 0 Å². The number of anilines is 1. The molecule has 4 aromatic rings. The minimum Gasteiger partial charge on any atom is -0.294 e. The van der Waals surface area contributed by atoms with Gasteiger partial charge in [0.2, 0.25) is 0 Å². The zero-order chi connectivity index (χ0) is 23.5. The van der Waals surface area contributed by atoms with Gasteiger partial charge in [-0.05, 0) is 46.5 Å². The highest BCUT2D eigenvalue weighted by Gasteiger charge is 2.43. The van der Waals surface area contributed by atoms with Crippen molar-refractivity contribution >= 4 is 17.5 Å². The van der Waals surface area contributed by atoms with Crippen LogP contribution in [-0.4, -0.2) is 28.7 Å². The van der Waals surface area contributed by atoms with Gasteiger partial charge in [0.1, 0.15) is 0 Å². The first-order chi connectivity index (χ1) is 17.3. The molecule has 0 bridgehead atoms. The van der Waals surface area contributed by atoms with Gasteiger partial charge in [0.25, 0.3) is 0 Å². The fourth-order valence-electron chi connectivity index (χ4n) is 5.29. The van der Waals surface area contributed by atoms with Crippen molar-refractivity contribution in [2.24, 2.45) is 11.0 Å². The lowest BCUT2D eigenvalue weighted by molar-refractivity contribution is 0.245. The number of hydrogen-bond donors (Lipinski definition) is 0. The first-order valence-electron chi connectivity index (χ1n) is 12.2. The highest BCUT2D eigenvalue weighted by molar-refractivity contribution is 6.09. The summed E-state index contributed by atoms with van der Waals surface area (Å²) in [5.41, 5.74) is 7.36. The maximum Gasteiger partial charge on any atom is 0.0872 e. The normalized spacial score (nSPS) is 21.1. The number of hydrogen-bond acceptors (Lipinski definition) is 4. The Morgan fingerprint density at radius 2 is 1.51 bits per heavy atom. The second-order valence-corrected chi connectivity index (χ2v) is 9.24. The number of rotatable bonds is 5. The second kappa shape index (κ2) is 9.69. The third kappa shape index (κ3) is 4.53. The Hall–Kier alpha value is -4.02. The summed E-state index contributed by atoms with van der Waals surface area (Å²) < 4.78 is 0. The predicted octanol–water partition coefficient (Wildman–Crippen LogP) is 6.21. The summed E-state index contributed by atoms with van der Waals surface area (Å²) in [5, 5.41) is 7.54. The average Bonchev–Trinajstić information content (AvgIpc) is 3.31. The SMILES string of the molecule is C(=C1CN(Cc2cccnc2)CC2C1=NN(c1ccccc1)C2c1ccccc1)c1ccccc1. The zero-order valence-corrected chi connectivity index (χ0v) is 19.6. The van der Waals surface area contributed by atoms with Crippen LogP contribution >= 0.6 is 0 Å². The van der Waals surface area contributed by atoms with E-state index in [1.807, 2.05) is 18.5 Å². The van der Waals surface area contributed by atoms with E-state index < -0.39 is 0 Å². The van der Waals surface area contributed by atoms with Gasteiger partial charge in [-0.15, -0.1) is 0 Å². The van der Waals surface area contributed by atoms with Crippen molar-refractivity contribution in [3.63, 3.8) is 0 Å². The van der Waals surface area contributed by atoms with Crippen LogP contribution in [0.1, 0.15) is 22.7 Å². The molecule has 1 saturated heterocycles. The second-order valence-electron chi connectivity index (χ2n) is 9.24. The van der Waals surface area contributed by atoms with E-state index in [1.54, 1.807) is 0 Å². The summed E-state index contributed by atoms with van der Waals surface area (Å²) in [6.07, 6.45) is 6.13. The standard InChI is InChI=1S/C31H28N4/c1-4-11-24(12-5-1)19-27-22-34(21-25-13-10-18-32-20-25)23-29-30(27)33-35(28-16-8-3-9-17-28)31(29)26-14-6-2-7-15-26/h1-20,29,31H,21-23H2. The van der Waals surface area contributed by atoms with Crippen molar-refractivity contribution in [1.82, 2.24) is 9.88 Å². The van der Waals surface area contributed by atoms with Crippen molar-refractivity contribution in [3.05, 3.63) is 138 Å². The molecule has 2 atom stereocenters. The Morgan fingerprint density at radius 3 is 2.23 bits per heavy atom. The van der Waals surface area contributed by atoms with Crippen LogP contribution in [0.4, 0.5) is 5.69 Å². The summed E-state index contributed by atoms with van der Waals surface area (Å²) in [4.78, 5) is 6.89. The predicted molar refractivity (Wildman–Crippen MR) is 143 cm³/mol. The molecule has 0 spiro atoms. The van der Waals surface area contributed by atoms with Crippen LogP contribution in [0.2, 0.25) is 0 Å². The number of hydrazone groups is 1. The van der Waals surface area contributed by atoms with Gasteiger partial charge in [0.05, 0.1) is 17.4 Å². The fraction of sp³-hybridized carbons (Fsp3) is 0.161. The van der Waals surface area contributed by atoms with Crippen molar-refractivity contribution in [2.75, 3.05) is 18.1 Å². The van der Waals surface area contributed by atoms with E-state index in [0.717, 1.165) is 25.3 Å². The lowest BCUT2D eigenvalue weighted by Crippen LogP contribution is -2.43. The topological polar surface area (TPSA) is 31.7 Å². The molecular formula is C31H28N4. The Morgan fingerprint density at radius 1 is 0.800 bits per heavy atom. The minimum absolute atomic E-state index is 0.143. The van der Waals surface area contributed by atoms with Crippen molar-refractivity contribution in [3.8, 4) is 0 Å². The van der Waals surface area contributed by atoms with E-state index in [9.17, 15) is 0 Å². The van der Waals surface area contributed by atoms with Crippen LogP contribution in [0.15, 0.2) is 126 Å². The Bertz CT molecular complexity index is 1320. The van der Waals surface area contributed by atoms with E-state index >= 15 is 0 Å². The van der Waals surface area contributed by atoms with E-state index in [2.05, 4.69) is 118 Å². The van der Waals surface area contributed by atoms with Crippen LogP contribution in [0, 0.1) is 5.92 Å². The Labute approximate surface area is 206 Å². The maximum atomic E-state index is 5.30. The quantitative estimate of drug-likeness (QED) is 0.358. The van der Waals surface area contributed by atoms with Crippen molar-refractivity contribution in [2.45, 2.75) is 12.6 Å². The Kier molecular flexibility index (Phi) is 5.95. The molecule has 2 unspecified atom stereocenters. The molecule has 3 aromatic carbocycles. The number of fused-ring (bicyclic) bond motifs is 1. The number of benzene rings is 3. The molecule has 4 heteroatoms. The molecule has 1 aromatic heterocycles. The number of para-hydroxylation sites is 1. The lowest BCUT2D eigenvalue weighted by Gasteiger charge is -2.36. The first-order valence-corrected chi connectivity index (χ1v) is 12.2. The van der Waals surface area contributed by atoms with Crippen LogP contribution in [0.25, 0.3) is 6.08 Å². The van der Waals surface area contributed by atoms with E-state index in [4.69, 9.17) is 5.10 Å². The van der Waals surface area contributed by atoms with Gasteiger partial charge in [0.15, 0.2) is 0 Å². The third-order valence-electron chi connectivity index (χ3n) is 6.82. The molecule has 0 N–H and O–H groups in total. The van der Waals surface area contributed by atoms with Crippen molar-refractivity contribution in [1.29, 1.82) is 0 Å². The molecule has 0 saturated carbocycles. The minimum atomic E-state index is 0.143. The van der Waals surface area contributed by atoms with Crippen LogP contribution in [-0.2, 0) is 6.54 Å². The molecule has 4 nitrogen and oxygen atoms in total. The average molecular weight is 457 g/mol. The van der Waals surface area contributed by atoms with E-state index in [1.165, 1.54) is 28.0 Å². The molecule has 2 aliphatic rings. The highest BCUT2D eigenvalue weighted by Crippen LogP contribution is 2.43. The largest absolute Gasteiger partial charge is 0.294 e. The molecule has 0 amide bonds. The summed E-state index contributed by atoms with van der Waals surface area (Å²) in [6.45, 7) is 2.68. The molecule has 172 valence electrons. The lowest BCUT2D eigenvalue weighted by atomic mass is 9.83. The summed E-state index contributed by atoms with van der Waals surface area (Å²) in [6, 6.07) is 36.3. The smallest absolute Gasteiger partial charge is 0.0872 e. The van der Waals surface area contributed by atoms with Crippen LogP contribution < -0.4 is 5.01 Å². The molecule has 2 aliphatic heterocycles. The summed E-state index contributed by atoms with van der Waals surface area (Å²) in [5.74, 6) is 0.262. The first kappa shape index (κ1) is 21.5. The van der Waals surface area contributed by atoms with E-state index in [0.29, 0.717) is 0 Å². The van der Waals surface area contributed by atoms with Gasteiger partial charge in [-0.3, -0.25) is 14.9 Å². The summed E-state index contributed by atoms with van der Waals surface area (Å²) in [7, 11) is 0. The highest BCUT2D eigenvalue weighted by atomic mass is 15.5. The molecule has 0 aliphatic carbocycles. The monoisotopic (exact) mass is 456 g/mol. The number of nitrogens with zero attached hydrogens (tertiary/aromatic N) is 4. The van der Waals surface area contributed by atoms with E-state index in [-0.39, 0.29) is 12.0 Å². The van der Waals surface area contributed by atoms with Gasteiger partial charge in [0, 0.05) is 37.9 Å². The maximum absolute atomic E-state index is 5.30. The third-order valence-corrected chi connectivity index (χ3v) is 6.82. The molecule has 3 heterocycles. The van der Waals surface area contributed by atoms with Crippen LogP contribution in [0.5, 0.6) is 0 Å². The Balaban J connectivity index is 1.44. The van der Waals surface area contributed by atoms with Crippen molar-refractivity contribution < 1.29 is 0 Å². The summed E-state index contributed by atoms with van der Waals surface area (Å²) >= 11 is 0. The fourth-order valence-corrected chi connectivity index (χ4v) is 5.29. The number of piperidine rings is 1. The van der Waals surface area contributed by atoms with Gasteiger partial charge >= 0.3 is 0 Å². The molecular weight excluding hydrogens is 428 g/mol. The molecule has 35 heavy (non-hydrogen) atoms. The molecule has 0 radical (unpaired) electrons. The molecule has 1 fully saturated rings. The number of pyridine rings is 1. The van der Waals surface area contributed by atoms with Gasteiger partial charge in [-0.25, -0.2) is 0 Å². The number of aromatic nitrogens is 1. The van der Waals surface area contributed by atoms with Crippen LogP contribution in [0.3, 0.4) is 0 Å². The molecule has 6 rings (SSSR count). The number of likely N-dealkylation sites (tertiary alicyclic amines) is 1. The van der Waals surface area contributed by atoms with Gasteiger partial charge in [-0.1, -0.05) is 84.9 Å². The zero-order valence-electron chi connectivity index (χ0n) is 19.6. The van der Waals surface area contributed by atoms with Gasteiger partial charge in [-0.2, -0.15) is 5.10 Å².